The Morgan fingerprint density at radius 3 is 2.32 bits per heavy atom. The van der Waals surface area contributed by atoms with Gasteiger partial charge in [-0.15, -0.1) is 0 Å². The van der Waals surface area contributed by atoms with Gasteiger partial charge >= 0.3 is 6.03 Å². The van der Waals surface area contributed by atoms with E-state index in [1.165, 1.54) is 6.07 Å². The highest BCUT2D eigenvalue weighted by Gasteiger charge is 2.30. The van der Waals surface area contributed by atoms with Crippen LogP contribution in [0.2, 0.25) is 0 Å². The third-order valence-electron chi connectivity index (χ3n) is 4.47. The average Bonchev–Trinajstić information content (AvgIpc) is 2.41. The van der Waals surface area contributed by atoms with E-state index in [1.54, 1.807) is 0 Å². The summed E-state index contributed by atoms with van der Waals surface area (Å²) in [5, 5.41) is 5.31. The molecule has 1 aliphatic rings. The SMILES string of the molecule is CC(C)(C)C1CCC(NC(=O)Nc2ccc(F)cc2F)CC1. The van der Waals surface area contributed by atoms with E-state index in [2.05, 4.69) is 31.4 Å². The molecule has 0 aromatic heterocycles. The minimum Gasteiger partial charge on any atom is -0.335 e. The van der Waals surface area contributed by atoms with Gasteiger partial charge in [-0.25, -0.2) is 13.6 Å². The molecule has 1 aromatic rings. The Morgan fingerprint density at radius 2 is 1.77 bits per heavy atom. The predicted octanol–water partition coefficient (Wildman–Crippen LogP) is 4.69. The van der Waals surface area contributed by atoms with Gasteiger partial charge in [-0.05, 0) is 49.1 Å². The van der Waals surface area contributed by atoms with Crippen molar-refractivity contribution in [3.8, 4) is 0 Å². The first kappa shape index (κ1) is 16.7. The third kappa shape index (κ3) is 4.42. The Kier molecular flexibility index (Phi) is 5.04. The highest BCUT2D eigenvalue weighted by atomic mass is 19.1. The average molecular weight is 310 g/mol. The molecule has 0 radical (unpaired) electrons. The Hall–Kier alpha value is -1.65. The molecule has 5 heteroatoms. The Bertz CT molecular complexity index is 532. The number of urea groups is 1. The molecule has 2 N–H and O–H groups in total. The molecule has 0 aliphatic heterocycles. The molecule has 2 rings (SSSR count). The van der Waals surface area contributed by atoms with Gasteiger partial charge in [0.1, 0.15) is 11.6 Å². The van der Waals surface area contributed by atoms with Crippen molar-refractivity contribution < 1.29 is 13.6 Å². The van der Waals surface area contributed by atoms with Gasteiger partial charge in [-0.3, -0.25) is 0 Å². The summed E-state index contributed by atoms with van der Waals surface area (Å²) in [6, 6.07) is 2.77. The second kappa shape index (κ2) is 6.63. The van der Waals surface area contributed by atoms with Crippen LogP contribution in [0.25, 0.3) is 0 Å². The molecule has 1 fully saturated rings. The van der Waals surface area contributed by atoms with E-state index >= 15 is 0 Å². The quantitative estimate of drug-likeness (QED) is 0.817. The third-order valence-corrected chi connectivity index (χ3v) is 4.47. The van der Waals surface area contributed by atoms with Gasteiger partial charge in [0.05, 0.1) is 5.69 Å². The number of benzene rings is 1. The predicted molar refractivity (Wildman–Crippen MR) is 83.7 cm³/mol. The first-order chi connectivity index (χ1) is 10.3. The van der Waals surface area contributed by atoms with Gasteiger partial charge in [0, 0.05) is 12.1 Å². The van der Waals surface area contributed by atoms with Crippen molar-refractivity contribution in [2.24, 2.45) is 11.3 Å². The maximum Gasteiger partial charge on any atom is 0.319 e. The summed E-state index contributed by atoms with van der Waals surface area (Å²) < 4.78 is 26.3. The van der Waals surface area contributed by atoms with E-state index in [1.807, 2.05) is 0 Å². The second-order valence-corrected chi connectivity index (χ2v) is 7.14. The molecular weight excluding hydrogens is 286 g/mol. The number of hydrogen-bond acceptors (Lipinski definition) is 1. The minimum atomic E-state index is -0.772. The lowest BCUT2D eigenvalue weighted by Gasteiger charge is -2.37. The number of anilines is 1. The molecule has 122 valence electrons. The maximum atomic E-state index is 13.5. The first-order valence-corrected chi connectivity index (χ1v) is 7.78. The minimum absolute atomic E-state index is 0.0118. The molecule has 2 amide bonds. The van der Waals surface area contributed by atoms with Gasteiger partial charge in [-0.1, -0.05) is 20.8 Å². The van der Waals surface area contributed by atoms with Crippen molar-refractivity contribution >= 4 is 11.7 Å². The largest absolute Gasteiger partial charge is 0.335 e. The first-order valence-electron chi connectivity index (χ1n) is 7.78. The summed E-state index contributed by atoms with van der Waals surface area (Å²) in [6.45, 7) is 6.74. The van der Waals surface area contributed by atoms with E-state index in [4.69, 9.17) is 0 Å². The van der Waals surface area contributed by atoms with Gasteiger partial charge in [-0.2, -0.15) is 0 Å². The summed E-state index contributed by atoms with van der Waals surface area (Å²) in [5.74, 6) is -0.765. The smallest absolute Gasteiger partial charge is 0.319 e. The highest BCUT2D eigenvalue weighted by molar-refractivity contribution is 5.89. The number of amides is 2. The van der Waals surface area contributed by atoms with Crippen LogP contribution in [0.4, 0.5) is 19.3 Å². The van der Waals surface area contributed by atoms with Crippen LogP contribution in [-0.4, -0.2) is 12.1 Å². The number of hydrogen-bond donors (Lipinski definition) is 2. The van der Waals surface area contributed by atoms with E-state index in [0.717, 1.165) is 37.8 Å². The summed E-state index contributed by atoms with van der Waals surface area (Å²) in [7, 11) is 0. The van der Waals surface area contributed by atoms with Gasteiger partial charge in [0.15, 0.2) is 0 Å². The van der Waals surface area contributed by atoms with E-state index < -0.39 is 17.7 Å². The fourth-order valence-corrected chi connectivity index (χ4v) is 3.04. The molecule has 3 nitrogen and oxygen atoms in total. The van der Waals surface area contributed by atoms with Gasteiger partial charge in [0.2, 0.25) is 0 Å². The molecule has 0 spiro atoms. The summed E-state index contributed by atoms with van der Waals surface area (Å²) in [5.41, 5.74) is 0.284. The standard InChI is InChI=1S/C17H24F2N2O/c1-17(2,3)11-4-7-13(8-5-11)20-16(22)21-15-9-6-12(18)10-14(15)19/h6,9-11,13H,4-5,7-8H2,1-3H3,(H2,20,21,22). The summed E-state index contributed by atoms with van der Waals surface area (Å²) in [4.78, 5) is 11.9. The van der Waals surface area contributed by atoms with Crippen molar-refractivity contribution in [1.29, 1.82) is 0 Å². The molecule has 0 saturated heterocycles. The Morgan fingerprint density at radius 1 is 1.14 bits per heavy atom. The zero-order chi connectivity index (χ0) is 16.3. The molecule has 0 atom stereocenters. The van der Waals surface area contributed by atoms with Crippen LogP contribution in [0, 0.1) is 23.0 Å². The van der Waals surface area contributed by atoms with Crippen LogP contribution in [-0.2, 0) is 0 Å². The summed E-state index contributed by atoms with van der Waals surface area (Å²) in [6.07, 6.45) is 4.03. The van der Waals surface area contributed by atoms with Crippen LogP contribution in [0.3, 0.4) is 0 Å². The van der Waals surface area contributed by atoms with E-state index in [-0.39, 0.29) is 11.7 Å². The molecule has 0 unspecified atom stereocenters. The Labute approximate surface area is 130 Å². The lowest BCUT2D eigenvalue weighted by atomic mass is 9.71. The zero-order valence-corrected chi connectivity index (χ0v) is 13.4. The molecule has 1 aliphatic carbocycles. The normalized spacial score (nSPS) is 22.2. The number of carbonyl (C=O) groups is 1. The summed E-state index contributed by atoms with van der Waals surface area (Å²) >= 11 is 0. The van der Waals surface area contributed by atoms with Crippen molar-refractivity contribution in [2.45, 2.75) is 52.5 Å². The van der Waals surface area contributed by atoms with Crippen LogP contribution in [0.5, 0.6) is 0 Å². The van der Waals surface area contributed by atoms with Crippen LogP contribution >= 0.6 is 0 Å². The molecule has 22 heavy (non-hydrogen) atoms. The van der Waals surface area contributed by atoms with Crippen molar-refractivity contribution in [3.63, 3.8) is 0 Å². The van der Waals surface area contributed by atoms with Crippen molar-refractivity contribution in [3.05, 3.63) is 29.8 Å². The number of carbonyl (C=O) groups excluding carboxylic acids is 1. The van der Waals surface area contributed by atoms with E-state index in [0.29, 0.717) is 11.3 Å². The van der Waals surface area contributed by atoms with E-state index in [9.17, 15) is 13.6 Å². The lowest BCUT2D eigenvalue weighted by Crippen LogP contribution is -2.41. The number of nitrogens with one attached hydrogen (secondary N) is 2. The van der Waals surface area contributed by atoms with Crippen LogP contribution in [0.15, 0.2) is 18.2 Å². The molecule has 0 heterocycles. The second-order valence-electron chi connectivity index (χ2n) is 7.14. The monoisotopic (exact) mass is 310 g/mol. The van der Waals surface area contributed by atoms with Gasteiger partial charge < -0.3 is 10.6 Å². The van der Waals surface area contributed by atoms with Crippen LogP contribution in [0.1, 0.15) is 46.5 Å². The topological polar surface area (TPSA) is 41.1 Å². The maximum absolute atomic E-state index is 13.5. The molecule has 0 bridgehead atoms. The van der Waals surface area contributed by atoms with Gasteiger partial charge in [0.25, 0.3) is 0 Å². The molecule has 1 saturated carbocycles. The fourth-order valence-electron chi connectivity index (χ4n) is 3.04. The molecule has 1 aromatic carbocycles. The lowest BCUT2D eigenvalue weighted by molar-refractivity contribution is 0.161. The number of halogens is 2. The van der Waals surface area contributed by atoms with Crippen molar-refractivity contribution in [2.75, 3.05) is 5.32 Å². The fraction of sp³-hybridized carbons (Fsp3) is 0.588. The Balaban J connectivity index is 1.83. The zero-order valence-electron chi connectivity index (χ0n) is 13.4. The van der Waals surface area contributed by atoms with Crippen LogP contribution < -0.4 is 10.6 Å². The highest BCUT2D eigenvalue weighted by Crippen LogP contribution is 2.37. The molecular formula is C17H24F2N2O. The number of rotatable bonds is 2. The van der Waals surface area contributed by atoms with Crippen molar-refractivity contribution in [1.82, 2.24) is 5.32 Å².